The number of guanidine groups is 1. The van der Waals surface area contributed by atoms with E-state index in [2.05, 4.69) is 10.5 Å². The average Bonchev–Trinajstić information content (AvgIpc) is 2.28. The Kier molecular flexibility index (Phi) is 4.05. The van der Waals surface area contributed by atoms with E-state index >= 15 is 0 Å². The summed E-state index contributed by atoms with van der Waals surface area (Å²) in [6.45, 7) is 0. The molecule has 0 amide bonds. The van der Waals surface area contributed by atoms with Gasteiger partial charge in [-0.3, -0.25) is 10.8 Å². The number of nitrogens with two attached hydrogens (primary N) is 1. The van der Waals surface area contributed by atoms with E-state index in [0.29, 0.717) is 5.56 Å². The maximum atomic E-state index is 12.2. The van der Waals surface area contributed by atoms with Crippen molar-refractivity contribution in [1.82, 2.24) is 10.9 Å². The number of hydrazine groups is 1. The van der Waals surface area contributed by atoms with E-state index in [0.717, 1.165) is 12.1 Å². The molecule has 5 nitrogen and oxygen atoms in total. The maximum Gasteiger partial charge on any atom is 0.416 e. The smallest absolute Gasteiger partial charge is 0.293 e. The predicted octanol–water partition coefficient (Wildman–Crippen LogP) is 1.03. The van der Waals surface area contributed by atoms with Crippen LogP contribution in [-0.2, 0) is 6.18 Å². The van der Waals surface area contributed by atoms with E-state index < -0.39 is 11.7 Å². The molecule has 0 aliphatic carbocycles. The molecule has 0 bridgehead atoms. The Labute approximate surface area is 95.0 Å². The second kappa shape index (κ2) is 5.30. The van der Waals surface area contributed by atoms with Gasteiger partial charge in [0.1, 0.15) is 0 Å². The molecule has 0 saturated carbocycles. The Hall–Kier alpha value is -2.09. The normalized spacial score (nSPS) is 11.5. The largest absolute Gasteiger partial charge is 0.416 e. The van der Waals surface area contributed by atoms with Gasteiger partial charge < -0.3 is 0 Å². The number of halogens is 3. The van der Waals surface area contributed by atoms with Crippen molar-refractivity contribution in [2.24, 2.45) is 10.9 Å². The molecule has 92 valence electrons. The summed E-state index contributed by atoms with van der Waals surface area (Å²) < 4.78 is 36.7. The van der Waals surface area contributed by atoms with Crippen molar-refractivity contribution in [1.29, 1.82) is 5.41 Å². The van der Waals surface area contributed by atoms with Crippen LogP contribution in [0.2, 0.25) is 0 Å². The minimum Gasteiger partial charge on any atom is -0.293 e. The zero-order chi connectivity index (χ0) is 12.9. The van der Waals surface area contributed by atoms with Crippen molar-refractivity contribution in [2.45, 2.75) is 6.18 Å². The fourth-order valence-electron chi connectivity index (χ4n) is 0.962. The van der Waals surface area contributed by atoms with E-state index in [1.54, 1.807) is 0 Å². The Morgan fingerprint density at radius 2 is 1.88 bits per heavy atom. The summed E-state index contributed by atoms with van der Waals surface area (Å²) in [7, 11) is 0. The zero-order valence-electron chi connectivity index (χ0n) is 8.55. The second-order valence-electron chi connectivity index (χ2n) is 3.01. The summed E-state index contributed by atoms with van der Waals surface area (Å²) >= 11 is 0. The molecule has 0 radical (unpaired) electrons. The Balaban J connectivity index is 2.66. The third-order valence-corrected chi connectivity index (χ3v) is 1.77. The average molecular weight is 245 g/mol. The molecule has 0 fully saturated rings. The summed E-state index contributed by atoms with van der Waals surface area (Å²) in [5, 5.41) is 10.6. The van der Waals surface area contributed by atoms with Crippen molar-refractivity contribution < 1.29 is 13.2 Å². The minimum atomic E-state index is -4.35. The quantitative estimate of drug-likeness (QED) is 0.271. The van der Waals surface area contributed by atoms with Crippen molar-refractivity contribution in [2.75, 3.05) is 0 Å². The lowest BCUT2D eigenvalue weighted by Crippen LogP contribution is -2.38. The van der Waals surface area contributed by atoms with Crippen molar-refractivity contribution in [3.05, 3.63) is 35.4 Å². The molecule has 0 spiro atoms. The van der Waals surface area contributed by atoms with Gasteiger partial charge in [-0.05, 0) is 17.7 Å². The number of hydrazone groups is 1. The first-order valence-corrected chi connectivity index (χ1v) is 4.45. The van der Waals surface area contributed by atoms with Gasteiger partial charge in [-0.15, -0.1) is 0 Å². The van der Waals surface area contributed by atoms with E-state index in [9.17, 15) is 13.2 Å². The highest BCUT2D eigenvalue weighted by atomic mass is 19.4. The monoisotopic (exact) mass is 245 g/mol. The number of benzene rings is 1. The van der Waals surface area contributed by atoms with Crippen molar-refractivity contribution >= 4 is 12.2 Å². The van der Waals surface area contributed by atoms with Gasteiger partial charge in [-0.2, -0.15) is 18.3 Å². The lowest BCUT2D eigenvalue weighted by molar-refractivity contribution is -0.137. The molecule has 1 aromatic rings. The van der Waals surface area contributed by atoms with Crippen molar-refractivity contribution in [3.8, 4) is 0 Å². The highest BCUT2D eigenvalue weighted by molar-refractivity contribution is 5.82. The summed E-state index contributed by atoms with van der Waals surface area (Å²) in [6.07, 6.45) is -3.08. The summed E-state index contributed by atoms with van der Waals surface area (Å²) in [6, 6.07) is 4.45. The highest BCUT2D eigenvalue weighted by Crippen LogP contribution is 2.28. The predicted molar refractivity (Wildman–Crippen MR) is 57.2 cm³/mol. The van der Waals surface area contributed by atoms with Gasteiger partial charge in [0.25, 0.3) is 0 Å². The second-order valence-corrected chi connectivity index (χ2v) is 3.01. The van der Waals surface area contributed by atoms with Crippen LogP contribution in [0.1, 0.15) is 11.1 Å². The van der Waals surface area contributed by atoms with Crippen LogP contribution in [0, 0.1) is 5.41 Å². The summed E-state index contributed by atoms with van der Waals surface area (Å²) in [5.74, 6) is 4.65. The molecule has 5 N–H and O–H groups in total. The van der Waals surface area contributed by atoms with Crippen LogP contribution in [0.3, 0.4) is 0 Å². The van der Waals surface area contributed by atoms with Gasteiger partial charge in [0.05, 0.1) is 11.8 Å². The molecule has 0 atom stereocenters. The molecule has 0 heterocycles. The lowest BCUT2D eigenvalue weighted by atomic mass is 10.1. The third-order valence-electron chi connectivity index (χ3n) is 1.77. The van der Waals surface area contributed by atoms with E-state index in [-0.39, 0.29) is 5.96 Å². The molecule has 0 aliphatic heterocycles. The van der Waals surface area contributed by atoms with Crippen LogP contribution >= 0.6 is 0 Å². The van der Waals surface area contributed by atoms with E-state index in [4.69, 9.17) is 11.3 Å². The Morgan fingerprint density at radius 3 is 2.35 bits per heavy atom. The molecule has 0 unspecified atom stereocenters. The number of hydrogen-bond donors (Lipinski definition) is 4. The van der Waals surface area contributed by atoms with Gasteiger partial charge >= 0.3 is 6.18 Å². The zero-order valence-corrected chi connectivity index (χ0v) is 8.55. The van der Waals surface area contributed by atoms with Crippen LogP contribution in [-0.4, -0.2) is 12.2 Å². The first-order valence-electron chi connectivity index (χ1n) is 4.45. The maximum absolute atomic E-state index is 12.2. The number of nitrogens with one attached hydrogen (secondary N) is 3. The van der Waals surface area contributed by atoms with E-state index in [1.807, 2.05) is 5.43 Å². The van der Waals surface area contributed by atoms with E-state index in [1.165, 1.54) is 18.3 Å². The first kappa shape index (κ1) is 13.0. The molecule has 17 heavy (non-hydrogen) atoms. The SMILES string of the molecule is N=C(NN)NN=Cc1ccc(C(F)(F)F)cc1. The van der Waals surface area contributed by atoms with Crippen LogP contribution in [0.4, 0.5) is 13.2 Å². The molecule has 0 aliphatic rings. The van der Waals surface area contributed by atoms with Gasteiger partial charge in [-0.1, -0.05) is 12.1 Å². The minimum absolute atomic E-state index is 0.229. The Morgan fingerprint density at radius 1 is 1.29 bits per heavy atom. The van der Waals surface area contributed by atoms with Crippen LogP contribution in [0.25, 0.3) is 0 Å². The number of rotatable bonds is 2. The fraction of sp³-hybridized carbons (Fsp3) is 0.111. The lowest BCUT2D eigenvalue weighted by Gasteiger charge is -2.05. The van der Waals surface area contributed by atoms with Crippen molar-refractivity contribution in [3.63, 3.8) is 0 Å². The van der Waals surface area contributed by atoms with Gasteiger partial charge in [0.2, 0.25) is 5.96 Å². The first-order chi connectivity index (χ1) is 7.93. The molecule has 1 aromatic carbocycles. The number of nitrogens with zero attached hydrogens (tertiary/aromatic N) is 1. The molecule has 0 aromatic heterocycles. The van der Waals surface area contributed by atoms with Gasteiger partial charge in [0.15, 0.2) is 0 Å². The van der Waals surface area contributed by atoms with Crippen LogP contribution < -0.4 is 16.7 Å². The molecule has 0 saturated heterocycles. The highest BCUT2D eigenvalue weighted by Gasteiger charge is 2.29. The molecule has 1 rings (SSSR count). The Bertz CT molecular complexity index is 410. The van der Waals surface area contributed by atoms with Crippen LogP contribution in [0.15, 0.2) is 29.4 Å². The van der Waals surface area contributed by atoms with Gasteiger partial charge in [-0.25, -0.2) is 11.3 Å². The van der Waals surface area contributed by atoms with Gasteiger partial charge in [0, 0.05) is 0 Å². The summed E-state index contributed by atoms with van der Waals surface area (Å²) in [4.78, 5) is 0. The topological polar surface area (TPSA) is 86.3 Å². The molecule has 8 heteroatoms. The standard InChI is InChI=1S/C9H10F3N5/c10-9(11,12)7-3-1-6(2-4-7)5-15-17-8(13)16-14/h1-5H,14H2,(H3,13,16,17). The number of alkyl halides is 3. The fourth-order valence-corrected chi connectivity index (χ4v) is 0.962. The number of hydrogen-bond acceptors (Lipinski definition) is 3. The summed E-state index contributed by atoms with van der Waals surface area (Å²) in [5.41, 5.74) is 3.95. The molecular formula is C9H10F3N5. The third kappa shape index (κ3) is 4.11. The molecular weight excluding hydrogens is 235 g/mol. The van der Waals surface area contributed by atoms with Crippen LogP contribution in [0.5, 0.6) is 0 Å².